The van der Waals surface area contributed by atoms with Crippen molar-refractivity contribution in [2.75, 3.05) is 20.2 Å². The number of aromatic nitrogens is 1. The lowest BCUT2D eigenvalue weighted by molar-refractivity contribution is 0.301. The lowest BCUT2D eigenvalue weighted by atomic mass is 10.2. The molecule has 1 aliphatic heterocycles. The average molecular weight is 341 g/mol. The fourth-order valence-corrected chi connectivity index (χ4v) is 2.95. The Morgan fingerprint density at radius 1 is 1.04 bits per heavy atom. The minimum atomic E-state index is 0.457. The third kappa shape index (κ3) is 4.41. The molecule has 1 aromatic carbocycles. The molecule has 6 heteroatoms. The zero-order chi connectivity index (χ0) is 17.5. The van der Waals surface area contributed by atoms with Crippen LogP contribution in [0.4, 0.5) is 0 Å². The van der Waals surface area contributed by atoms with E-state index in [0.29, 0.717) is 17.5 Å². The number of ether oxygens (including phenoxy) is 2. The number of hydrogen-bond donors (Lipinski definition) is 1. The second-order valence-corrected chi connectivity index (χ2v) is 5.99. The van der Waals surface area contributed by atoms with Crippen molar-refractivity contribution in [3.63, 3.8) is 0 Å². The van der Waals surface area contributed by atoms with Crippen molar-refractivity contribution >= 4 is 5.84 Å². The maximum atomic E-state index is 9.53. The van der Waals surface area contributed by atoms with Gasteiger partial charge in [0.2, 0.25) is 5.88 Å². The maximum Gasteiger partial charge on any atom is 0.219 e. The van der Waals surface area contributed by atoms with Crippen LogP contribution in [0.15, 0.2) is 47.8 Å². The van der Waals surface area contributed by atoms with Gasteiger partial charge >= 0.3 is 0 Å². The topological polar surface area (TPSA) is 67.2 Å². The Bertz CT molecular complexity index is 708. The van der Waals surface area contributed by atoms with Gasteiger partial charge in [-0.3, -0.25) is 0 Å². The highest BCUT2D eigenvalue weighted by atomic mass is 16.5. The van der Waals surface area contributed by atoms with Gasteiger partial charge in [0.05, 0.1) is 7.11 Å². The lowest BCUT2D eigenvalue weighted by Crippen LogP contribution is -2.32. The number of hydrogen-bond acceptors (Lipinski definition) is 5. The van der Waals surface area contributed by atoms with Crippen LogP contribution in [0, 0.1) is 0 Å². The SMILES string of the molecule is COc1ccc(Oc2cc(/C(=N/O)N3CCCCCC3)ccn2)cc1. The van der Waals surface area contributed by atoms with E-state index in [9.17, 15) is 5.21 Å². The molecule has 0 radical (unpaired) electrons. The lowest BCUT2D eigenvalue weighted by Gasteiger charge is -2.23. The van der Waals surface area contributed by atoms with Gasteiger partial charge in [0, 0.05) is 30.9 Å². The van der Waals surface area contributed by atoms with Gasteiger partial charge in [-0.25, -0.2) is 4.98 Å². The van der Waals surface area contributed by atoms with Crippen LogP contribution < -0.4 is 9.47 Å². The second-order valence-electron chi connectivity index (χ2n) is 5.99. The summed E-state index contributed by atoms with van der Waals surface area (Å²) in [6.45, 7) is 1.80. The minimum absolute atomic E-state index is 0.457. The molecule has 1 aliphatic rings. The standard InChI is InChI=1S/C19H23N3O3/c1-24-16-6-8-17(9-7-16)25-18-14-15(10-11-20-18)19(21-23)22-12-4-2-3-5-13-22/h6-11,14,23H,2-5,12-13H2,1H3/b21-19-. The number of likely N-dealkylation sites (tertiary alicyclic amines) is 1. The first-order valence-electron chi connectivity index (χ1n) is 8.55. The van der Waals surface area contributed by atoms with Gasteiger partial charge in [-0.2, -0.15) is 0 Å². The summed E-state index contributed by atoms with van der Waals surface area (Å²) in [5.41, 5.74) is 0.794. The number of oxime groups is 1. The minimum Gasteiger partial charge on any atom is -0.497 e. The quantitative estimate of drug-likeness (QED) is 0.395. The van der Waals surface area contributed by atoms with Crippen molar-refractivity contribution in [3.05, 3.63) is 48.2 Å². The summed E-state index contributed by atoms with van der Waals surface area (Å²) in [5.74, 6) is 2.47. The Kier molecular flexibility index (Phi) is 5.72. The molecular weight excluding hydrogens is 318 g/mol. The highest BCUT2D eigenvalue weighted by molar-refractivity contribution is 5.98. The summed E-state index contributed by atoms with van der Waals surface area (Å²) in [6.07, 6.45) is 6.32. The molecule has 0 amide bonds. The zero-order valence-electron chi connectivity index (χ0n) is 14.4. The van der Waals surface area contributed by atoms with Gasteiger partial charge in [-0.1, -0.05) is 18.0 Å². The number of amidine groups is 1. The molecule has 0 saturated carbocycles. The smallest absolute Gasteiger partial charge is 0.219 e. The molecule has 132 valence electrons. The van der Waals surface area contributed by atoms with E-state index in [-0.39, 0.29) is 0 Å². The molecule has 1 N–H and O–H groups in total. The van der Waals surface area contributed by atoms with Crippen molar-refractivity contribution < 1.29 is 14.7 Å². The molecule has 1 fully saturated rings. The van der Waals surface area contributed by atoms with Crippen LogP contribution in [0.5, 0.6) is 17.4 Å². The van der Waals surface area contributed by atoms with Gasteiger partial charge in [-0.15, -0.1) is 0 Å². The first-order chi connectivity index (χ1) is 12.3. The Morgan fingerprint density at radius 2 is 1.72 bits per heavy atom. The van der Waals surface area contributed by atoms with Crippen LogP contribution in [0.3, 0.4) is 0 Å². The molecule has 1 aromatic heterocycles. The summed E-state index contributed by atoms with van der Waals surface area (Å²) in [6, 6.07) is 10.9. The Balaban J connectivity index is 1.77. The van der Waals surface area contributed by atoms with E-state index in [0.717, 1.165) is 37.2 Å². The molecule has 0 atom stereocenters. The first kappa shape index (κ1) is 17.1. The van der Waals surface area contributed by atoms with Crippen molar-refractivity contribution in [2.24, 2.45) is 5.16 Å². The van der Waals surface area contributed by atoms with E-state index in [4.69, 9.17) is 9.47 Å². The molecule has 3 rings (SSSR count). The highest BCUT2D eigenvalue weighted by Crippen LogP contribution is 2.23. The number of pyridine rings is 1. The van der Waals surface area contributed by atoms with Crippen LogP contribution in [0.2, 0.25) is 0 Å². The van der Waals surface area contributed by atoms with Crippen molar-refractivity contribution in [2.45, 2.75) is 25.7 Å². The van der Waals surface area contributed by atoms with E-state index < -0.39 is 0 Å². The average Bonchev–Trinajstić information content (AvgIpc) is 2.93. The van der Waals surface area contributed by atoms with Crippen molar-refractivity contribution in [1.82, 2.24) is 9.88 Å². The molecule has 0 bridgehead atoms. The van der Waals surface area contributed by atoms with Crippen LogP contribution in [0.1, 0.15) is 31.2 Å². The molecule has 2 aromatic rings. The maximum absolute atomic E-state index is 9.53. The van der Waals surface area contributed by atoms with Gasteiger partial charge in [0.25, 0.3) is 0 Å². The van der Waals surface area contributed by atoms with E-state index in [1.54, 1.807) is 19.4 Å². The predicted molar refractivity (Wildman–Crippen MR) is 95.7 cm³/mol. The van der Waals surface area contributed by atoms with Gasteiger partial charge < -0.3 is 19.6 Å². The molecular formula is C19H23N3O3. The molecule has 6 nitrogen and oxygen atoms in total. The Morgan fingerprint density at radius 3 is 2.36 bits per heavy atom. The van der Waals surface area contributed by atoms with Crippen molar-refractivity contribution in [3.8, 4) is 17.4 Å². The third-order valence-electron chi connectivity index (χ3n) is 4.28. The second kappa shape index (κ2) is 8.37. The summed E-state index contributed by atoms with van der Waals surface area (Å²) in [7, 11) is 1.62. The molecule has 0 unspecified atom stereocenters. The fraction of sp³-hybridized carbons (Fsp3) is 0.368. The number of rotatable bonds is 4. The highest BCUT2D eigenvalue weighted by Gasteiger charge is 2.17. The van der Waals surface area contributed by atoms with E-state index in [2.05, 4.69) is 15.0 Å². The fourth-order valence-electron chi connectivity index (χ4n) is 2.95. The molecule has 25 heavy (non-hydrogen) atoms. The van der Waals surface area contributed by atoms with E-state index in [1.807, 2.05) is 30.3 Å². The molecule has 0 aliphatic carbocycles. The zero-order valence-corrected chi connectivity index (χ0v) is 14.4. The van der Waals surface area contributed by atoms with E-state index >= 15 is 0 Å². The monoisotopic (exact) mass is 341 g/mol. The molecule has 0 spiro atoms. The largest absolute Gasteiger partial charge is 0.497 e. The van der Waals surface area contributed by atoms with Crippen LogP contribution in [-0.2, 0) is 0 Å². The first-order valence-corrected chi connectivity index (χ1v) is 8.55. The predicted octanol–water partition coefficient (Wildman–Crippen LogP) is 3.89. The van der Waals surface area contributed by atoms with Crippen molar-refractivity contribution in [1.29, 1.82) is 0 Å². The number of methoxy groups -OCH3 is 1. The van der Waals surface area contributed by atoms with Crippen LogP contribution in [0.25, 0.3) is 0 Å². The van der Waals surface area contributed by atoms with Crippen LogP contribution >= 0.6 is 0 Å². The van der Waals surface area contributed by atoms with Crippen LogP contribution in [-0.4, -0.2) is 41.1 Å². The summed E-state index contributed by atoms with van der Waals surface area (Å²) in [5, 5.41) is 13.1. The Labute approximate surface area is 147 Å². The van der Waals surface area contributed by atoms with Gasteiger partial charge in [-0.05, 0) is 43.2 Å². The normalized spacial score (nSPS) is 15.6. The summed E-state index contributed by atoms with van der Waals surface area (Å²) < 4.78 is 10.9. The summed E-state index contributed by atoms with van der Waals surface area (Å²) >= 11 is 0. The molecule has 1 saturated heterocycles. The number of nitrogens with zero attached hydrogens (tertiary/aromatic N) is 3. The van der Waals surface area contributed by atoms with Gasteiger partial charge in [0.15, 0.2) is 5.84 Å². The Hall–Kier alpha value is -2.76. The summed E-state index contributed by atoms with van der Waals surface area (Å²) in [4.78, 5) is 6.37. The molecule has 2 heterocycles. The van der Waals surface area contributed by atoms with Gasteiger partial charge in [0.1, 0.15) is 11.5 Å². The number of benzene rings is 1. The van der Waals surface area contributed by atoms with E-state index in [1.165, 1.54) is 12.8 Å². The third-order valence-corrected chi connectivity index (χ3v) is 4.28.